The van der Waals surface area contributed by atoms with Gasteiger partial charge in [-0.25, -0.2) is 0 Å². The highest BCUT2D eigenvalue weighted by Crippen LogP contribution is 2.40. The fourth-order valence-electron chi connectivity index (χ4n) is 2.57. The van der Waals surface area contributed by atoms with Crippen LogP contribution in [0.5, 0.6) is 0 Å². The van der Waals surface area contributed by atoms with Crippen LogP contribution in [0.4, 0.5) is 0 Å². The molecule has 2 aromatic carbocycles. The first-order chi connectivity index (χ1) is 8.65. The molecule has 90 valence electrons. The Morgan fingerprint density at radius 2 is 1.72 bits per heavy atom. The van der Waals surface area contributed by atoms with Crippen LogP contribution in [-0.2, 0) is 0 Å². The van der Waals surface area contributed by atoms with Crippen molar-refractivity contribution in [1.29, 1.82) is 0 Å². The van der Waals surface area contributed by atoms with Gasteiger partial charge in [-0.3, -0.25) is 0 Å². The van der Waals surface area contributed by atoms with E-state index >= 15 is 0 Å². The Balaban J connectivity index is 2.13. The summed E-state index contributed by atoms with van der Waals surface area (Å²) in [5.74, 6) is 0.504. The Hall–Kier alpha value is -1.34. The molecule has 0 fully saturated rings. The van der Waals surface area contributed by atoms with E-state index in [1.165, 1.54) is 27.8 Å². The maximum atomic E-state index is 3.57. The molecule has 0 amide bonds. The van der Waals surface area contributed by atoms with Crippen LogP contribution in [-0.4, -0.2) is 0 Å². The van der Waals surface area contributed by atoms with E-state index in [1.807, 2.05) is 0 Å². The summed E-state index contributed by atoms with van der Waals surface area (Å²) < 4.78 is 1.15. The van der Waals surface area contributed by atoms with Gasteiger partial charge < -0.3 is 0 Å². The maximum Gasteiger partial charge on any atom is 0.0181 e. The molecule has 0 aromatic heterocycles. The fraction of sp³-hybridized carbons (Fsp3) is 0.176. The zero-order valence-electron chi connectivity index (χ0n) is 10.6. The first-order valence-corrected chi connectivity index (χ1v) is 7.03. The molecule has 0 spiro atoms. The van der Waals surface area contributed by atoms with Crippen molar-refractivity contribution in [2.75, 3.05) is 0 Å². The number of halogens is 1. The van der Waals surface area contributed by atoms with Crippen molar-refractivity contribution in [2.45, 2.75) is 19.8 Å². The van der Waals surface area contributed by atoms with Gasteiger partial charge in [0, 0.05) is 10.4 Å². The molecule has 0 nitrogen and oxygen atoms in total. The van der Waals surface area contributed by atoms with Crippen molar-refractivity contribution in [1.82, 2.24) is 0 Å². The SMILES string of the molecule is Cc1ccc(C2=CC(C)c3ccc(Br)cc32)cc1. The van der Waals surface area contributed by atoms with E-state index in [4.69, 9.17) is 0 Å². The maximum absolute atomic E-state index is 3.57. The van der Waals surface area contributed by atoms with Crippen LogP contribution in [0, 0.1) is 6.92 Å². The average molecular weight is 299 g/mol. The molecular formula is C17H15Br. The lowest BCUT2D eigenvalue weighted by Gasteiger charge is -2.08. The van der Waals surface area contributed by atoms with Crippen LogP contribution in [0.2, 0.25) is 0 Å². The highest BCUT2D eigenvalue weighted by Gasteiger charge is 2.21. The van der Waals surface area contributed by atoms with Crippen molar-refractivity contribution in [3.8, 4) is 0 Å². The summed E-state index contributed by atoms with van der Waals surface area (Å²) in [5.41, 5.74) is 6.76. The van der Waals surface area contributed by atoms with Crippen molar-refractivity contribution >= 4 is 21.5 Å². The Bertz CT molecular complexity index is 621. The number of rotatable bonds is 1. The van der Waals surface area contributed by atoms with E-state index in [0.29, 0.717) is 5.92 Å². The number of aryl methyl sites for hydroxylation is 1. The van der Waals surface area contributed by atoms with Crippen molar-refractivity contribution < 1.29 is 0 Å². The quantitative estimate of drug-likeness (QED) is 0.669. The Labute approximate surface area is 116 Å². The number of benzene rings is 2. The molecule has 0 N–H and O–H groups in total. The third kappa shape index (κ3) is 1.93. The van der Waals surface area contributed by atoms with E-state index in [1.54, 1.807) is 0 Å². The molecule has 2 aromatic rings. The third-order valence-electron chi connectivity index (χ3n) is 3.58. The van der Waals surface area contributed by atoms with Gasteiger partial charge >= 0.3 is 0 Å². The lowest BCUT2D eigenvalue weighted by atomic mass is 9.98. The van der Waals surface area contributed by atoms with E-state index in [0.717, 1.165) is 4.47 Å². The number of fused-ring (bicyclic) bond motifs is 1. The molecule has 1 heteroatoms. The van der Waals surface area contributed by atoms with Crippen LogP contribution in [0.3, 0.4) is 0 Å². The molecule has 1 aliphatic carbocycles. The Kier molecular flexibility index (Phi) is 2.87. The van der Waals surface area contributed by atoms with Crippen molar-refractivity contribution in [3.05, 3.63) is 75.3 Å². The summed E-state index contributed by atoms with van der Waals surface area (Å²) in [6, 6.07) is 15.4. The van der Waals surface area contributed by atoms with Crippen LogP contribution in [0.1, 0.15) is 35.1 Å². The Morgan fingerprint density at radius 3 is 2.44 bits per heavy atom. The van der Waals surface area contributed by atoms with Gasteiger partial charge in [0.25, 0.3) is 0 Å². The number of hydrogen-bond donors (Lipinski definition) is 0. The van der Waals surface area contributed by atoms with Gasteiger partial charge in [0.1, 0.15) is 0 Å². The molecule has 1 unspecified atom stereocenters. The number of allylic oxidation sites excluding steroid dienone is 1. The second-order valence-electron chi connectivity index (χ2n) is 4.97. The minimum absolute atomic E-state index is 0.504. The second-order valence-corrected chi connectivity index (χ2v) is 5.88. The smallest absolute Gasteiger partial charge is 0.0181 e. The summed E-state index contributed by atoms with van der Waals surface area (Å²) in [5, 5.41) is 0. The zero-order valence-corrected chi connectivity index (χ0v) is 12.2. The second kappa shape index (κ2) is 4.40. The summed E-state index contributed by atoms with van der Waals surface area (Å²) in [6.45, 7) is 4.38. The minimum atomic E-state index is 0.504. The lowest BCUT2D eigenvalue weighted by Crippen LogP contribution is -1.89. The molecule has 1 atom stereocenters. The van der Waals surface area contributed by atoms with Gasteiger partial charge in [-0.05, 0) is 41.3 Å². The van der Waals surface area contributed by atoms with Gasteiger partial charge in [0.15, 0.2) is 0 Å². The molecule has 3 rings (SSSR count). The summed E-state index contributed by atoms with van der Waals surface area (Å²) in [6.07, 6.45) is 2.36. The molecule has 1 aliphatic rings. The minimum Gasteiger partial charge on any atom is -0.0688 e. The highest BCUT2D eigenvalue weighted by atomic mass is 79.9. The molecule has 0 radical (unpaired) electrons. The molecule has 0 saturated heterocycles. The molecule has 0 aliphatic heterocycles. The lowest BCUT2D eigenvalue weighted by molar-refractivity contribution is 0.989. The van der Waals surface area contributed by atoms with Gasteiger partial charge in [0.05, 0.1) is 0 Å². The predicted molar refractivity (Wildman–Crippen MR) is 80.8 cm³/mol. The van der Waals surface area contributed by atoms with Crippen molar-refractivity contribution in [3.63, 3.8) is 0 Å². The third-order valence-corrected chi connectivity index (χ3v) is 4.07. The number of hydrogen-bond acceptors (Lipinski definition) is 0. The van der Waals surface area contributed by atoms with Crippen LogP contribution < -0.4 is 0 Å². The van der Waals surface area contributed by atoms with Gasteiger partial charge in [0.2, 0.25) is 0 Å². The average Bonchev–Trinajstić information content (AvgIpc) is 2.67. The molecule has 0 heterocycles. The van der Waals surface area contributed by atoms with Crippen molar-refractivity contribution in [2.24, 2.45) is 0 Å². The summed E-state index contributed by atoms with van der Waals surface area (Å²) in [7, 11) is 0. The van der Waals surface area contributed by atoms with Crippen LogP contribution in [0.25, 0.3) is 5.57 Å². The van der Waals surface area contributed by atoms with Gasteiger partial charge in [-0.15, -0.1) is 0 Å². The zero-order chi connectivity index (χ0) is 12.7. The van der Waals surface area contributed by atoms with E-state index in [-0.39, 0.29) is 0 Å². The monoisotopic (exact) mass is 298 g/mol. The molecule has 0 bridgehead atoms. The standard InChI is InChI=1S/C17H15Br/c1-11-3-5-13(6-4-11)16-9-12(2)15-8-7-14(18)10-17(15)16/h3-10,12H,1-2H3. The first kappa shape index (κ1) is 11.7. The summed E-state index contributed by atoms with van der Waals surface area (Å²) >= 11 is 3.57. The van der Waals surface area contributed by atoms with Crippen LogP contribution >= 0.6 is 15.9 Å². The molecule has 18 heavy (non-hydrogen) atoms. The molecular weight excluding hydrogens is 284 g/mol. The van der Waals surface area contributed by atoms with Gasteiger partial charge in [-0.1, -0.05) is 64.8 Å². The van der Waals surface area contributed by atoms with Gasteiger partial charge in [-0.2, -0.15) is 0 Å². The predicted octanol–water partition coefficient (Wildman–Crippen LogP) is 5.31. The first-order valence-electron chi connectivity index (χ1n) is 6.24. The Morgan fingerprint density at radius 1 is 1.00 bits per heavy atom. The largest absolute Gasteiger partial charge is 0.0688 e. The molecule has 0 saturated carbocycles. The van der Waals surface area contributed by atoms with Crippen LogP contribution in [0.15, 0.2) is 53.0 Å². The highest BCUT2D eigenvalue weighted by molar-refractivity contribution is 9.10. The van der Waals surface area contributed by atoms with E-state index in [2.05, 4.69) is 78.3 Å². The topological polar surface area (TPSA) is 0 Å². The normalized spacial score (nSPS) is 17.5. The van der Waals surface area contributed by atoms with E-state index in [9.17, 15) is 0 Å². The fourth-order valence-corrected chi connectivity index (χ4v) is 2.93. The van der Waals surface area contributed by atoms with E-state index < -0.39 is 0 Å². The summed E-state index contributed by atoms with van der Waals surface area (Å²) in [4.78, 5) is 0.